The summed E-state index contributed by atoms with van der Waals surface area (Å²) in [4.78, 5) is 15.8. The number of amides is 1. The van der Waals surface area contributed by atoms with E-state index in [9.17, 15) is 4.79 Å². The Bertz CT molecular complexity index is 582. The van der Waals surface area contributed by atoms with Crippen LogP contribution in [0.1, 0.15) is 11.3 Å². The van der Waals surface area contributed by atoms with Crippen LogP contribution in [0.25, 0.3) is 0 Å². The molecule has 0 spiro atoms. The summed E-state index contributed by atoms with van der Waals surface area (Å²) in [5.74, 6) is -0.139. The van der Waals surface area contributed by atoms with Crippen molar-refractivity contribution in [3.63, 3.8) is 0 Å². The van der Waals surface area contributed by atoms with Crippen molar-refractivity contribution >= 4 is 39.7 Å². The average Bonchev–Trinajstić information content (AvgIpc) is 2.69. The number of carbonyl (C=O) groups excluding carboxylic acids is 1. The van der Waals surface area contributed by atoms with Crippen LogP contribution < -0.4 is 11.1 Å². The Morgan fingerprint density at radius 2 is 2.33 bits per heavy atom. The van der Waals surface area contributed by atoms with Crippen LogP contribution in [0.2, 0.25) is 5.02 Å². The molecule has 0 unspecified atom stereocenters. The van der Waals surface area contributed by atoms with Gasteiger partial charge in [-0.1, -0.05) is 17.7 Å². The molecule has 94 valence electrons. The van der Waals surface area contributed by atoms with Crippen molar-refractivity contribution in [3.8, 4) is 0 Å². The monoisotopic (exact) mass is 281 g/mol. The lowest BCUT2D eigenvalue weighted by Crippen LogP contribution is -2.14. The lowest BCUT2D eigenvalue weighted by Gasteiger charge is -2.05. The molecule has 1 aromatic heterocycles. The fourth-order valence-corrected chi connectivity index (χ4v) is 2.19. The van der Waals surface area contributed by atoms with Crippen LogP contribution in [-0.2, 0) is 11.2 Å². The Morgan fingerprint density at radius 3 is 2.94 bits per heavy atom. The number of benzene rings is 1. The largest absolute Gasteiger partial charge is 0.375 e. The van der Waals surface area contributed by atoms with Crippen LogP contribution in [0, 0.1) is 6.92 Å². The van der Waals surface area contributed by atoms with Gasteiger partial charge in [-0.2, -0.15) is 0 Å². The van der Waals surface area contributed by atoms with Gasteiger partial charge >= 0.3 is 0 Å². The van der Waals surface area contributed by atoms with Crippen LogP contribution in [0.3, 0.4) is 0 Å². The van der Waals surface area contributed by atoms with Gasteiger partial charge in [-0.3, -0.25) is 4.79 Å². The maximum atomic E-state index is 11.8. The van der Waals surface area contributed by atoms with Gasteiger partial charge in [0.2, 0.25) is 5.91 Å². The van der Waals surface area contributed by atoms with Gasteiger partial charge in [-0.25, -0.2) is 4.98 Å². The van der Waals surface area contributed by atoms with Crippen molar-refractivity contribution in [1.29, 1.82) is 0 Å². The minimum Gasteiger partial charge on any atom is -0.375 e. The van der Waals surface area contributed by atoms with Gasteiger partial charge in [0.1, 0.15) is 0 Å². The van der Waals surface area contributed by atoms with Gasteiger partial charge in [0.15, 0.2) is 5.13 Å². The van der Waals surface area contributed by atoms with E-state index in [1.807, 2.05) is 19.1 Å². The number of thiazole rings is 1. The van der Waals surface area contributed by atoms with Gasteiger partial charge in [0, 0.05) is 16.1 Å². The van der Waals surface area contributed by atoms with E-state index in [1.54, 1.807) is 11.4 Å². The Morgan fingerprint density at radius 1 is 1.56 bits per heavy atom. The molecule has 0 saturated heterocycles. The lowest BCUT2D eigenvalue weighted by atomic mass is 10.2. The number of rotatable bonds is 3. The second-order valence-corrected chi connectivity index (χ2v) is 5.16. The molecule has 0 atom stereocenters. The number of nitrogens with one attached hydrogen (secondary N) is 1. The summed E-state index contributed by atoms with van der Waals surface area (Å²) in [6, 6.07) is 5.40. The number of nitrogens with two attached hydrogens (primary N) is 1. The molecular formula is C12H12ClN3OS. The van der Waals surface area contributed by atoms with Gasteiger partial charge < -0.3 is 11.1 Å². The van der Waals surface area contributed by atoms with Crippen molar-refractivity contribution in [2.45, 2.75) is 13.3 Å². The number of nitrogens with zero attached hydrogens (tertiary/aromatic N) is 1. The number of hydrogen-bond donors (Lipinski definition) is 2. The zero-order chi connectivity index (χ0) is 13.1. The molecule has 6 heteroatoms. The van der Waals surface area contributed by atoms with Gasteiger partial charge in [-0.05, 0) is 24.6 Å². The molecule has 1 heterocycles. The summed E-state index contributed by atoms with van der Waals surface area (Å²) in [5.41, 5.74) is 7.83. The second-order valence-electron chi connectivity index (χ2n) is 3.87. The molecule has 1 aromatic carbocycles. The Labute approximate surface area is 114 Å². The third kappa shape index (κ3) is 3.21. The van der Waals surface area contributed by atoms with Crippen molar-refractivity contribution in [3.05, 3.63) is 39.9 Å². The van der Waals surface area contributed by atoms with E-state index >= 15 is 0 Å². The van der Waals surface area contributed by atoms with E-state index in [0.29, 0.717) is 21.5 Å². The minimum absolute atomic E-state index is 0.139. The highest BCUT2D eigenvalue weighted by Crippen LogP contribution is 2.20. The van der Waals surface area contributed by atoms with Gasteiger partial charge in [0.25, 0.3) is 0 Å². The van der Waals surface area contributed by atoms with Crippen LogP contribution in [0.5, 0.6) is 0 Å². The highest BCUT2D eigenvalue weighted by molar-refractivity contribution is 7.13. The molecule has 0 aliphatic heterocycles. The van der Waals surface area contributed by atoms with Crippen molar-refractivity contribution in [2.75, 3.05) is 11.1 Å². The first kappa shape index (κ1) is 12.9. The summed E-state index contributed by atoms with van der Waals surface area (Å²) in [6.07, 6.45) is 0.208. The molecule has 18 heavy (non-hydrogen) atoms. The highest BCUT2D eigenvalue weighted by Gasteiger charge is 2.07. The normalized spacial score (nSPS) is 10.3. The summed E-state index contributed by atoms with van der Waals surface area (Å²) < 4.78 is 0. The summed E-state index contributed by atoms with van der Waals surface area (Å²) >= 11 is 7.30. The van der Waals surface area contributed by atoms with Crippen molar-refractivity contribution < 1.29 is 4.79 Å². The van der Waals surface area contributed by atoms with Gasteiger partial charge in [0.05, 0.1) is 12.1 Å². The first-order valence-corrected chi connectivity index (χ1v) is 6.56. The van der Waals surface area contributed by atoms with Gasteiger partial charge in [-0.15, -0.1) is 11.3 Å². The average molecular weight is 282 g/mol. The number of nitrogen functional groups attached to an aromatic ring is 1. The van der Waals surface area contributed by atoms with E-state index in [1.165, 1.54) is 11.3 Å². The van der Waals surface area contributed by atoms with E-state index < -0.39 is 0 Å². The Kier molecular flexibility index (Phi) is 3.84. The second kappa shape index (κ2) is 5.37. The molecule has 0 saturated carbocycles. The highest BCUT2D eigenvalue weighted by atomic mass is 35.5. The van der Waals surface area contributed by atoms with E-state index in [2.05, 4.69) is 10.3 Å². The predicted molar refractivity (Wildman–Crippen MR) is 75.0 cm³/mol. The Hall–Kier alpha value is -1.59. The zero-order valence-corrected chi connectivity index (χ0v) is 11.3. The predicted octanol–water partition coefficient (Wildman–Crippen LogP) is 2.87. The molecule has 0 aliphatic rings. The SMILES string of the molecule is Cc1ccc(NC(=O)Cc2csc(N)n2)cc1Cl. The molecule has 0 fully saturated rings. The zero-order valence-electron chi connectivity index (χ0n) is 9.74. The van der Waals surface area contributed by atoms with Crippen molar-refractivity contribution in [2.24, 2.45) is 0 Å². The van der Waals surface area contributed by atoms with Crippen LogP contribution >= 0.6 is 22.9 Å². The first-order chi connectivity index (χ1) is 8.54. The molecule has 4 nitrogen and oxygen atoms in total. The topological polar surface area (TPSA) is 68.0 Å². The van der Waals surface area contributed by atoms with E-state index in [0.717, 1.165) is 5.56 Å². The number of aryl methyl sites for hydroxylation is 1. The first-order valence-electron chi connectivity index (χ1n) is 5.30. The third-order valence-corrected chi connectivity index (χ3v) is 3.50. The fourth-order valence-electron chi connectivity index (χ4n) is 1.44. The number of carbonyl (C=O) groups is 1. The molecule has 3 N–H and O–H groups in total. The van der Waals surface area contributed by atoms with Crippen LogP contribution in [0.4, 0.5) is 10.8 Å². The molecule has 2 rings (SSSR count). The lowest BCUT2D eigenvalue weighted by molar-refractivity contribution is -0.115. The van der Waals surface area contributed by atoms with Crippen LogP contribution in [0.15, 0.2) is 23.6 Å². The minimum atomic E-state index is -0.139. The smallest absolute Gasteiger partial charge is 0.230 e. The maximum absolute atomic E-state index is 11.8. The van der Waals surface area contributed by atoms with E-state index in [-0.39, 0.29) is 12.3 Å². The maximum Gasteiger partial charge on any atom is 0.230 e. The molecule has 1 amide bonds. The molecule has 0 bridgehead atoms. The number of hydrogen-bond acceptors (Lipinski definition) is 4. The molecular weight excluding hydrogens is 270 g/mol. The summed E-state index contributed by atoms with van der Waals surface area (Å²) in [7, 11) is 0. The van der Waals surface area contributed by atoms with Crippen molar-refractivity contribution in [1.82, 2.24) is 4.98 Å². The summed E-state index contributed by atoms with van der Waals surface area (Å²) in [5, 5.41) is 5.64. The number of anilines is 2. The Balaban J connectivity index is 2.00. The molecule has 0 radical (unpaired) electrons. The number of halogens is 1. The summed E-state index contributed by atoms with van der Waals surface area (Å²) in [6.45, 7) is 1.91. The molecule has 2 aromatic rings. The fraction of sp³-hybridized carbons (Fsp3) is 0.167. The number of aromatic nitrogens is 1. The third-order valence-electron chi connectivity index (χ3n) is 2.37. The van der Waals surface area contributed by atoms with Crippen LogP contribution in [-0.4, -0.2) is 10.9 Å². The molecule has 0 aliphatic carbocycles. The standard InChI is InChI=1S/C12H12ClN3OS/c1-7-2-3-8(4-10(7)13)15-11(17)5-9-6-18-12(14)16-9/h2-4,6H,5H2,1H3,(H2,14,16)(H,15,17). The quantitative estimate of drug-likeness (QED) is 0.909. The van der Waals surface area contributed by atoms with E-state index in [4.69, 9.17) is 17.3 Å².